The van der Waals surface area contributed by atoms with Crippen LogP contribution in [-0.2, 0) is 6.54 Å². The summed E-state index contributed by atoms with van der Waals surface area (Å²) in [6.07, 6.45) is 0. The molecular weight excluding hydrogens is 226 g/mol. The normalized spacial score (nSPS) is 17.9. The Labute approximate surface area is 109 Å². The maximum Gasteiger partial charge on any atom is 0.119 e. The highest BCUT2D eigenvalue weighted by atomic mass is 16.5. The van der Waals surface area contributed by atoms with Crippen LogP contribution in [0.2, 0.25) is 0 Å². The van der Waals surface area contributed by atoms with Crippen LogP contribution in [-0.4, -0.2) is 56.2 Å². The van der Waals surface area contributed by atoms with Gasteiger partial charge < -0.3 is 10.5 Å². The summed E-state index contributed by atoms with van der Waals surface area (Å²) in [4.78, 5) is 4.92. The van der Waals surface area contributed by atoms with Crippen molar-refractivity contribution < 1.29 is 4.74 Å². The van der Waals surface area contributed by atoms with Crippen LogP contribution in [0.5, 0.6) is 5.75 Å². The second kappa shape index (κ2) is 6.73. The first kappa shape index (κ1) is 13.3. The average Bonchev–Trinajstić information content (AvgIpc) is 2.42. The molecule has 1 aromatic carbocycles. The summed E-state index contributed by atoms with van der Waals surface area (Å²) in [5.74, 6) is 0.939. The molecule has 1 aromatic rings. The van der Waals surface area contributed by atoms with Crippen molar-refractivity contribution in [3.05, 3.63) is 29.8 Å². The Morgan fingerprint density at radius 1 is 1.17 bits per heavy atom. The molecule has 0 aliphatic carbocycles. The van der Waals surface area contributed by atoms with Crippen LogP contribution >= 0.6 is 0 Å². The van der Waals surface area contributed by atoms with Crippen molar-refractivity contribution in [3.8, 4) is 5.75 Å². The Kier molecular flexibility index (Phi) is 4.99. The van der Waals surface area contributed by atoms with Crippen LogP contribution in [0.4, 0.5) is 0 Å². The molecule has 0 amide bonds. The van der Waals surface area contributed by atoms with Gasteiger partial charge in [0, 0.05) is 45.8 Å². The Morgan fingerprint density at radius 3 is 2.56 bits per heavy atom. The molecule has 2 rings (SSSR count). The summed E-state index contributed by atoms with van der Waals surface area (Å²) in [7, 11) is 1.71. The van der Waals surface area contributed by atoms with Gasteiger partial charge in [0.2, 0.25) is 0 Å². The van der Waals surface area contributed by atoms with Crippen molar-refractivity contribution in [3.63, 3.8) is 0 Å². The topological polar surface area (TPSA) is 41.7 Å². The molecule has 0 unspecified atom stereocenters. The van der Waals surface area contributed by atoms with Crippen molar-refractivity contribution in [2.45, 2.75) is 6.54 Å². The molecule has 0 saturated carbocycles. The maximum atomic E-state index is 5.58. The second-order valence-electron chi connectivity index (χ2n) is 4.76. The molecule has 0 aromatic heterocycles. The van der Waals surface area contributed by atoms with E-state index >= 15 is 0 Å². The average molecular weight is 249 g/mol. The maximum absolute atomic E-state index is 5.58. The van der Waals surface area contributed by atoms with Gasteiger partial charge in [0.25, 0.3) is 0 Å². The summed E-state index contributed by atoms with van der Waals surface area (Å²) in [5, 5.41) is 0. The van der Waals surface area contributed by atoms with Gasteiger partial charge >= 0.3 is 0 Å². The molecule has 2 N–H and O–H groups in total. The highest BCUT2D eigenvalue weighted by Gasteiger charge is 2.16. The summed E-state index contributed by atoms with van der Waals surface area (Å²) in [6.45, 7) is 7.29. The van der Waals surface area contributed by atoms with Crippen LogP contribution in [0.3, 0.4) is 0 Å². The van der Waals surface area contributed by atoms with Crippen LogP contribution < -0.4 is 10.5 Å². The third kappa shape index (κ3) is 3.70. The minimum absolute atomic E-state index is 0.760. The Hall–Kier alpha value is -1.10. The van der Waals surface area contributed by atoms with Crippen LogP contribution in [0.1, 0.15) is 5.56 Å². The van der Waals surface area contributed by atoms with Crippen LogP contribution in [0, 0.1) is 0 Å². The largest absolute Gasteiger partial charge is 0.497 e. The van der Waals surface area contributed by atoms with Crippen molar-refractivity contribution in [2.75, 3.05) is 46.4 Å². The lowest BCUT2D eigenvalue weighted by Crippen LogP contribution is -2.47. The van der Waals surface area contributed by atoms with Crippen molar-refractivity contribution >= 4 is 0 Å². The monoisotopic (exact) mass is 249 g/mol. The summed E-state index contributed by atoms with van der Waals surface area (Å²) in [6, 6.07) is 8.32. The number of nitrogens with zero attached hydrogens (tertiary/aromatic N) is 2. The first-order valence-corrected chi connectivity index (χ1v) is 6.59. The lowest BCUT2D eigenvalue weighted by atomic mass is 10.2. The summed E-state index contributed by atoms with van der Waals surface area (Å²) in [5.41, 5.74) is 6.90. The van der Waals surface area contributed by atoms with E-state index in [4.69, 9.17) is 10.5 Å². The number of methoxy groups -OCH3 is 1. The smallest absolute Gasteiger partial charge is 0.119 e. The molecule has 100 valence electrons. The van der Waals surface area contributed by atoms with E-state index in [0.29, 0.717) is 0 Å². The highest BCUT2D eigenvalue weighted by molar-refractivity contribution is 5.28. The van der Waals surface area contributed by atoms with E-state index in [0.717, 1.165) is 51.6 Å². The van der Waals surface area contributed by atoms with E-state index < -0.39 is 0 Å². The second-order valence-corrected chi connectivity index (χ2v) is 4.76. The van der Waals surface area contributed by atoms with Gasteiger partial charge in [-0.15, -0.1) is 0 Å². The zero-order chi connectivity index (χ0) is 12.8. The van der Waals surface area contributed by atoms with Gasteiger partial charge in [-0.2, -0.15) is 0 Å². The highest BCUT2D eigenvalue weighted by Crippen LogP contribution is 2.15. The zero-order valence-electron chi connectivity index (χ0n) is 11.1. The molecule has 1 aliphatic rings. The fourth-order valence-electron chi connectivity index (χ4n) is 2.38. The first-order valence-electron chi connectivity index (χ1n) is 6.59. The molecular formula is C14H23N3O. The molecule has 18 heavy (non-hydrogen) atoms. The quantitative estimate of drug-likeness (QED) is 0.837. The van der Waals surface area contributed by atoms with Gasteiger partial charge in [-0.3, -0.25) is 9.80 Å². The zero-order valence-corrected chi connectivity index (χ0v) is 11.1. The third-order valence-corrected chi connectivity index (χ3v) is 3.45. The number of nitrogens with two attached hydrogens (primary N) is 1. The van der Waals surface area contributed by atoms with E-state index in [-0.39, 0.29) is 0 Å². The minimum Gasteiger partial charge on any atom is -0.497 e. The number of piperazine rings is 1. The molecule has 0 bridgehead atoms. The molecule has 4 heteroatoms. The Morgan fingerprint density at radius 2 is 1.89 bits per heavy atom. The predicted molar refractivity (Wildman–Crippen MR) is 73.8 cm³/mol. The van der Waals surface area contributed by atoms with E-state index in [1.165, 1.54) is 5.56 Å². The van der Waals surface area contributed by atoms with Gasteiger partial charge in [0.15, 0.2) is 0 Å². The molecule has 0 spiro atoms. The Bertz CT molecular complexity index is 362. The molecule has 0 atom stereocenters. The lowest BCUT2D eigenvalue weighted by Gasteiger charge is -2.34. The molecule has 1 heterocycles. The summed E-state index contributed by atoms with van der Waals surface area (Å²) >= 11 is 0. The first-order chi connectivity index (χ1) is 8.81. The SMILES string of the molecule is COc1cccc(CN2CCN(CCN)CC2)c1. The molecule has 1 aliphatic heterocycles. The van der Waals surface area contributed by atoms with Crippen LogP contribution in [0.15, 0.2) is 24.3 Å². The third-order valence-electron chi connectivity index (χ3n) is 3.45. The van der Waals surface area contributed by atoms with Gasteiger partial charge in [-0.1, -0.05) is 12.1 Å². The number of ether oxygens (including phenoxy) is 1. The van der Waals surface area contributed by atoms with E-state index in [9.17, 15) is 0 Å². The fraction of sp³-hybridized carbons (Fsp3) is 0.571. The van der Waals surface area contributed by atoms with Crippen molar-refractivity contribution in [1.82, 2.24) is 9.80 Å². The number of hydrogen-bond donors (Lipinski definition) is 1. The number of hydrogen-bond acceptors (Lipinski definition) is 4. The summed E-state index contributed by atoms with van der Waals surface area (Å²) < 4.78 is 5.25. The van der Waals surface area contributed by atoms with Crippen molar-refractivity contribution in [1.29, 1.82) is 0 Å². The number of rotatable bonds is 5. The standard InChI is InChI=1S/C14H23N3O/c1-18-14-4-2-3-13(11-14)12-17-9-7-16(6-5-15)8-10-17/h2-4,11H,5-10,12,15H2,1H3. The van der Waals surface area contributed by atoms with Gasteiger partial charge in [-0.25, -0.2) is 0 Å². The molecule has 1 saturated heterocycles. The molecule has 0 radical (unpaired) electrons. The molecule has 4 nitrogen and oxygen atoms in total. The fourth-order valence-corrected chi connectivity index (χ4v) is 2.38. The van der Waals surface area contributed by atoms with Gasteiger partial charge in [0.1, 0.15) is 5.75 Å². The van der Waals surface area contributed by atoms with Crippen LogP contribution in [0.25, 0.3) is 0 Å². The number of benzene rings is 1. The minimum atomic E-state index is 0.760. The van der Waals surface area contributed by atoms with E-state index in [1.54, 1.807) is 7.11 Å². The molecule has 1 fully saturated rings. The Balaban J connectivity index is 1.83. The van der Waals surface area contributed by atoms with Crippen molar-refractivity contribution in [2.24, 2.45) is 5.73 Å². The van der Waals surface area contributed by atoms with E-state index in [2.05, 4.69) is 28.0 Å². The lowest BCUT2D eigenvalue weighted by molar-refractivity contribution is 0.130. The predicted octanol–water partition coefficient (Wildman–Crippen LogP) is 0.772. The van der Waals surface area contributed by atoms with Gasteiger partial charge in [-0.05, 0) is 17.7 Å². The van der Waals surface area contributed by atoms with E-state index in [1.807, 2.05) is 6.07 Å². The van der Waals surface area contributed by atoms with Gasteiger partial charge in [0.05, 0.1) is 7.11 Å².